The van der Waals surface area contributed by atoms with Gasteiger partial charge in [0.05, 0.1) is 34.2 Å². The summed E-state index contributed by atoms with van der Waals surface area (Å²) in [5.41, 5.74) is 8.73. The average molecular weight is 551 g/mol. The molecule has 0 saturated heterocycles. The zero-order valence-electron chi connectivity index (χ0n) is 23.6. The zero-order valence-corrected chi connectivity index (χ0v) is 23.6. The number of nitrogens with zero attached hydrogens (tertiary/aromatic N) is 4. The molecule has 8 aromatic rings. The molecule has 4 nitrogen and oxygen atoms in total. The molecule has 0 aliphatic carbocycles. The summed E-state index contributed by atoms with van der Waals surface area (Å²) in [5.74, 6) is 0. The van der Waals surface area contributed by atoms with Gasteiger partial charge in [0.2, 0.25) is 0 Å². The molecule has 0 saturated carbocycles. The Morgan fingerprint density at radius 2 is 0.791 bits per heavy atom. The van der Waals surface area contributed by atoms with E-state index in [0.717, 1.165) is 45.3 Å². The van der Waals surface area contributed by atoms with Crippen LogP contribution in [0.4, 0.5) is 0 Å². The summed E-state index contributed by atoms with van der Waals surface area (Å²) in [4.78, 5) is 19.0. The topological polar surface area (TPSA) is 51.6 Å². The van der Waals surface area contributed by atoms with Crippen LogP contribution < -0.4 is 0 Å². The van der Waals surface area contributed by atoms with Crippen molar-refractivity contribution in [2.45, 2.75) is 6.92 Å². The largest absolute Gasteiger partial charge is 0.255 e. The Balaban J connectivity index is 1.30. The lowest BCUT2D eigenvalue weighted by atomic mass is 9.90. The molecular weight excluding hydrogens is 524 g/mol. The highest BCUT2D eigenvalue weighted by Gasteiger charge is 2.13. The van der Waals surface area contributed by atoms with Crippen molar-refractivity contribution in [3.8, 4) is 45.3 Å². The van der Waals surface area contributed by atoms with Gasteiger partial charge in [-0.05, 0) is 99.9 Å². The second-order valence-corrected chi connectivity index (χ2v) is 10.8. The van der Waals surface area contributed by atoms with Gasteiger partial charge in [0.15, 0.2) is 0 Å². The second-order valence-electron chi connectivity index (χ2n) is 10.8. The first kappa shape index (κ1) is 25.0. The molecule has 4 heteroatoms. The Morgan fingerprint density at radius 3 is 1.33 bits per heavy atom. The van der Waals surface area contributed by atoms with Gasteiger partial charge in [0.1, 0.15) is 0 Å². The maximum absolute atomic E-state index is 4.98. The van der Waals surface area contributed by atoms with Gasteiger partial charge in [-0.1, -0.05) is 72.3 Å². The molecule has 4 heterocycles. The van der Waals surface area contributed by atoms with Crippen LogP contribution in [0.15, 0.2) is 140 Å². The Hall–Kier alpha value is -5.74. The van der Waals surface area contributed by atoms with Crippen LogP contribution in [0.2, 0.25) is 0 Å². The van der Waals surface area contributed by atoms with Crippen LogP contribution >= 0.6 is 0 Å². The number of pyridine rings is 4. The minimum absolute atomic E-state index is 0.866. The number of hydrogen-bond donors (Lipinski definition) is 0. The predicted molar refractivity (Wildman–Crippen MR) is 177 cm³/mol. The van der Waals surface area contributed by atoms with E-state index in [9.17, 15) is 0 Å². The van der Waals surface area contributed by atoms with Crippen molar-refractivity contribution in [3.05, 3.63) is 145 Å². The molecule has 0 aliphatic heterocycles. The zero-order chi connectivity index (χ0) is 28.8. The van der Waals surface area contributed by atoms with Crippen molar-refractivity contribution >= 4 is 32.3 Å². The van der Waals surface area contributed by atoms with Gasteiger partial charge < -0.3 is 0 Å². The summed E-state index contributed by atoms with van der Waals surface area (Å²) < 4.78 is 0. The summed E-state index contributed by atoms with van der Waals surface area (Å²) >= 11 is 0. The van der Waals surface area contributed by atoms with Crippen LogP contribution in [0.3, 0.4) is 0 Å². The molecule has 0 aliphatic rings. The molecule has 0 N–H and O–H groups in total. The third kappa shape index (κ3) is 4.50. The first-order valence-corrected chi connectivity index (χ1v) is 14.4. The number of fused-ring (bicyclic) bond motifs is 6. The van der Waals surface area contributed by atoms with Crippen molar-refractivity contribution < 1.29 is 0 Å². The summed E-state index contributed by atoms with van der Waals surface area (Å²) in [6.45, 7) is 2.15. The molecule has 0 unspecified atom stereocenters. The first-order valence-electron chi connectivity index (χ1n) is 14.4. The molecule has 8 rings (SSSR count). The first-order chi connectivity index (χ1) is 21.2. The molecule has 0 radical (unpaired) electrons. The highest BCUT2D eigenvalue weighted by Crippen LogP contribution is 2.39. The van der Waals surface area contributed by atoms with Gasteiger partial charge in [-0.3, -0.25) is 9.97 Å². The van der Waals surface area contributed by atoms with E-state index in [0.29, 0.717) is 0 Å². The molecule has 202 valence electrons. The van der Waals surface area contributed by atoms with E-state index in [4.69, 9.17) is 9.97 Å². The minimum Gasteiger partial charge on any atom is -0.255 e. The molecule has 0 fully saturated rings. The Kier molecular flexibility index (Phi) is 5.97. The van der Waals surface area contributed by atoms with E-state index in [1.807, 2.05) is 48.5 Å². The number of hydrogen-bond acceptors (Lipinski definition) is 4. The van der Waals surface area contributed by atoms with Gasteiger partial charge in [-0.2, -0.15) is 0 Å². The van der Waals surface area contributed by atoms with Gasteiger partial charge >= 0.3 is 0 Å². The monoisotopic (exact) mass is 550 g/mol. The quantitative estimate of drug-likeness (QED) is 0.205. The molecule has 43 heavy (non-hydrogen) atoms. The number of aryl methyl sites for hydroxylation is 1. The molecule has 0 bridgehead atoms. The van der Waals surface area contributed by atoms with Crippen LogP contribution in [0.5, 0.6) is 0 Å². The third-order valence-corrected chi connectivity index (χ3v) is 8.03. The van der Waals surface area contributed by atoms with Crippen molar-refractivity contribution in [1.82, 2.24) is 19.9 Å². The normalized spacial score (nSPS) is 11.4. The molecule has 0 amide bonds. The fraction of sp³-hybridized carbons (Fsp3) is 0.0256. The average Bonchev–Trinajstić information content (AvgIpc) is 3.09. The molecule has 0 atom stereocenters. The number of rotatable bonds is 4. The molecule has 4 aromatic carbocycles. The lowest BCUT2D eigenvalue weighted by molar-refractivity contribution is 1.25. The lowest BCUT2D eigenvalue weighted by Gasteiger charge is -2.14. The van der Waals surface area contributed by atoms with Crippen molar-refractivity contribution in [3.63, 3.8) is 0 Å². The molecular formula is C39H26N4. The van der Waals surface area contributed by atoms with E-state index in [1.54, 1.807) is 12.4 Å². The highest BCUT2D eigenvalue weighted by atomic mass is 14.8. The highest BCUT2D eigenvalue weighted by molar-refractivity contribution is 6.26. The van der Waals surface area contributed by atoms with Gasteiger partial charge in [0, 0.05) is 23.5 Å². The van der Waals surface area contributed by atoms with Gasteiger partial charge in [-0.15, -0.1) is 0 Å². The number of benzene rings is 4. The van der Waals surface area contributed by atoms with Gasteiger partial charge in [-0.25, -0.2) is 9.97 Å². The van der Waals surface area contributed by atoms with E-state index in [1.165, 1.54) is 37.9 Å². The van der Waals surface area contributed by atoms with Gasteiger partial charge in [0.25, 0.3) is 0 Å². The van der Waals surface area contributed by atoms with Crippen LogP contribution in [-0.4, -0.2) is 19.9 Å². The fourth-order valence-electron chi connectivity index (χ4n) is 5.94. The van der Waals surface area contributed by atoms with E-state index >= 15 is 0 Å². The van der Waals surface area contributed by atoms with Crippen molar-refractivity contribution in [2.75, 3.05) is 0 Å². The predicted octanol–water partition coefficient (Wildman–Crippen LogP) is 9.70. The summed E-state index contributed by atoms with van der Waals surface area (Å²) in [6.07, 6.45) is 3.61. The van der Waals surface area contributed by atoms with Crippen LogP contribution in [0.25, 0.3) is 77.6 Å². The number of aromatic nitrogens is 4. The Morgan fingerprint density at radius 1 is 0.349 bits per heavy atom. The van der Waals surface area contributed by atoms with Crippen molar-refractivity contribution in [2.24, 2.45) is 0 Å². The fourth-order valence-corrected chi connectivity index (χ4v) is 5.94. The third-order valence-electron chi connectivity index (χ3n) is 8.03. The minimum atomic E-state index is 0.866. The maximum Gasteiger partial charge on any atom is 0.0893 e. The Bertz CT molecular complexity index is 2290. The van der Waals surface area contributed by atoms with Crippen LogP contribution in [-0.2, 0) is 0 Å². The maximum atomic E-state index is 4.98. The summed E-state index contributed by atoms with van der Waals surface area (Å²) in [5, 5.41) is 7.34. The second kappa shape index (κ2) is 10.3. The Labute approximate surface area is 249 Å². The molecule has 4 aromatic heterocycles. The molecule has 0 spiro atoms. The lowest BCUT2D eigenvalue weighted by Crippen LogP contribution is -1.92. The van der Waals surface area contributed by atoms with Crippen molar-refractivity contribution in [1.29, 1.82) is 0 Å². The van der Waals surface area contributed by atoms with E-state index < -0.39 is 0 Å². The van der Waals surface area contributed by atoms with E-state index in [-0.39, 0.29) is 0 Å². The summed E-state index contributed by atoms with van der Waals surface area (Å²) in [6, 6.07) is 44.2. The SMILES string of the molecule is Cc1ccc2c(c1)c1cc(-c3cccc(-c4ccccn4)n3)ccc1c1ccc(-c3cccc(-c4ccccn4)n3)cc12. The van der Waals surface area contributed by atoms with Crippen LogP contribution in [0, 0.1) is 6.92 Å². The smallest absolute Gasteiger partial charge is 0.0893 e. The standard InChI is InChI=1S/C39H26N4/c1-25-14-17-30-31(22-25)33-24-27(35-11-7-13-39(43-35)37-9-3-5-21-41-37)16-19-29(33)28-18-15-26(23-32(28)30)34-10-6-12-38(42-34)36-8-2-4-20-40-36/h2-24H,1H3. The summed E-state index contributed by atoms with van der Waals surface area (Å²) in [7, 11) is 0. The van der Waals surface area contributed by atoms with E-state index in [2.05, 4.69) is 95.8 Å². The van der Waals surface area contributed by atoms with Crippen LogP contribution in [0.1, 0.15) is 5.56 Å².